The Morgan fingerprint density at radius 2 is 1.70 bits per heavy atom. The van der Waals surface area contributed by atoms with Crippen LogP contribution in [0.4, 0.5) is 5.69 Å². The third kappa shape index (κ3) is 3.22. The lowest BCUT2D eigenvalue weighted by Crippen LogP contribution is -2.34. The zero-order valence-electron chi connectivity index (χ0n) is 18.0. The highest BCUT2D eigenvalue weighted by Crippen LogP contribution is 2.43. The minimum Gasteiger partial charge on any atom is -0.397 e. The second-order valence-corrected chi connectivity index (χ2v) is 8.74. The van der Waals surface area contributed by atoms with Crippen molar-refractivity contribution < 1.29 is 4.79 Å². The molecular formula is C27H23N5O. The van der Waals surface area contributed by atoms with Gasteiger partial charge in [-0.25, -0.2) is 9.97 Å². The van der Waals surface area contributed by atoms with Crippen molar-refractivity contribution in [1.82, 2.24) is 14.4 Å². The number of amides is 1. The summed E-state index contributed by atoms with van der Waals surface area (Å²) >= 11 is 0. The largest absolute Gasteiger partial charge is 0.397 e. The number of hydrogen-bond acceptors (Lipinski definition) is 4. The Labute approximate surface area is 190 Å². The number of nitrogens with two attached hydrogens (primary N) is 2. The summed E-state index contributed by atoms with van der Waals surface area (Å²) in [7, 11) is 0. The van der Waals surface area contributed by atoms with Crippen molar-refractivity contribution >= 4 is 28.0 Å². The van der Waals surface area contributed by atoms with Gasteiger partial charge in [-0.05, 0) is 37.1 Å². The van der Waals surface area contributed by atoms with E-state index in [2.05, 4.69) is 40.8 Å². The van der Waals surface area contributed by atoms with Gasteiger partial charge in [0, 0.05) is 34.5 Å². The fourth-order valence-electron chi connectivity index (χ4n) is 4.77. The number of fused-ring (bicyclic) bond motifs is 2. The van der Waals surface area contributed by atoms with Crippen molar-refractivity contribution in [3.05, 3.63) is 84.8 Å². The molecule has 0 radical (unpaired) electrons. The van der Waals surface area contributed by atoms with Crippen molar-refractivity contribution in [2.75, 3.05) is 5.73 Å². The van der Waals surface area contributed by atoms with Crippen LogP contribution in [0.3, 0.4) is 0 Å². The van der Waals surface area contributed by atoms with E-state index in [1.807, 2.05) is 42.6 Å². The van der Waals surface area contributed by atoms with Gasteiger partial charge in [0.1, 0.15) is 5.82 Å². The maximum Gasteiger partial charge on any atom is 0.220 e. The molecular weight excluding hydrogens is 410 g/mol. The number of rotatable bonds is 4. The number of carbonyl (C=O) groups excluding carboxylic acids is 1. The molecule has 3 heterocycles. The van der Waals surface area contributed by atoms with Crippen LogP contribution >= 0.6 is 0 Å². The van der Waals surface area contributed by atoms with Crippen molar-refractivity contribution in [2.45, 2.75) is 18.8 Å². The fourth-order valence-corrected chi connectivity index (χ4v) is 4.77. The number of anilines is 1. The molecule has 1 amide bonds. The lowest BCUT2D eigenvalue weighted by atomic mass is 9.74. The summed E-state index contributed by atoms with van der Waals surface area (Å²) in [6.07, 6.45) is 3.44. The molecule has 6 rings (SSSR count). The molecule has 3 aromatic heterocycles. The van der Waals surface area contributed by atoms with E-state index in [1.165, 1.54) is 0 Å². The highest BCUT2D eigenvalue weighted by molar-refractivity contribution is 5.92. The van der Waals surface area contributed by atoms with E-state index >= 15 is 0 Å². The number of primary amides is 1. The number of aromatic nitrogens is 3. The first-order valence-corrected chi connectivity index (χ1v) is 11.1. The highest BCUT2D eigenvalue weighted by Gasteiger charge is 2.37. The monoisotopic (exact) mass is 433 g/mol. The zero-order valence-corrected chi connectivity index (χ0v) is 18.0. The van der Waals surface area contributed by atoms with E-state index in [0.717, 1.165) is 57.6 Å². The summed E-state index contributed by atoms with van der Waals surface area (Å²) in [6, 6.07) is 24.3. The van der Waals surface area contributed by atoms with Gasteiger partial charge in [0.05, 0.1) is 28.1 Å². The van der Waals surface area contributed by atoms with Crippen LogP contribution in [-0.2, 0) is 4.79 Å². The van der Waals surface area contributed by atoms with Gasteiger partial charge < -0.3 is 15.9 Å². The van der Waals surface area contributed by atoms with E-state index in [-0.39, 0.29) is 17.7 Å². The minimum absolute atomic E-state index is 0.0758. The quantitative estimate of drug-likeness (QED) is 0.426. The van der Waals surface area contributed by atoms with Crippen molar-refractivity contribution in [3.8, 4) is 22.5 Å². The van der Waals surface area contributed by atoms with Gasteiger partial charge in [-0.15, -0.1) is 0 Å². The number of benzene rings is 2. The van der Waals surface area contributed by atoms with E-state index in [9.17, 15) is 4.79 Å². The molecule has 6 heteroatoms. The Morgan fingerprint density at radius 1 is 0.909 bits per heavy atom. The predicted octanol–water partition coefficient (Wildman–Crippen LogP) is 4.78. The summed E-state index contributed by atoms with van der Waals surface area (Å²) in [4.78, 5) is 21.5. The van der Waals surface area contributed by atoms with Crippen LogP contribution in [0.1, 0.15) is 24.6 Å². The molecule has 2 aromatic carbocycles. The maximum atomic E-state index is 11.5. The lowest BCUT2D eigenvalue weighted by molar-refractivity contribution is -0.124. The summed E-state index contributed by atoms with van der Waals surface area (Å²) < 4.78 is 2.06. The smallest absolute Gasteiger partial charge is 0.220 e. The average Bonchev–Trinajstić information content (AvgIpc) is 3.18. The van der Waals surface area contributed by atoms with E-state index in [1.54, 1.807) is 0 Å². The van der Waals surface area contributed by atoms with Crippen LogP contribution in [-0.4, -0.2) is 20.3 Å². The topological polar surface area (TPSA) is 99.3 Å². The first-order valence-electron chi connectivity index (χ1n) is 11.1. The van der Waals surface area contributed by atoms with Crippen LogP contribution in [0.15, 0.2) is 79.0 Å². The number of nitrogen functional groups attached to an aromatic ring is 1. The van der Waals surface area contributed by atoms with Gasteiger partial charge in [0.15, 0.2) is 0 Å². The molecule has 1 saturated carbocycles. The summed E-state index contributed by atoms with van der Waals surface area (Å²) in [5, 5.41) is 1.07. The molecule has 0 saturated heterocycles. The molecule has 1 aliphatic rings. The van der Waals surface area contributed by atoms with Crippen molar-refractivity contribution in [1.29, 1.82) is 0 Å². The lowest BCUT2D eigenvalue weighted by Gasteiger charge is -2.32. The Morgan fingerprint density at radius 3 is 2.48 bits per heavy atom. The Hall–Kier alpha value is -4.19. The molecule has 0 bridgehead atoms. The Bertz CT molecular complexity index is 1520. The summed E-state index contributed by atoms with van der Waals surface area (Å²) in [6.45, 7) is 0. The van der Waals surface area contributed by atoms with Gasteiger partial charge in [0.2, 0.25) is 5.91 Å². The number of carbonyl (C=O) groups is 1. The second kappa shape index (κ2) is 7.45. The standard InChI is InChI=1S/C27H23N5O/c28-21-7-4-12-32-25(21)24(31-27(32)20-13-19(14-20)26(29)33)18-9-8-17-10-11-22(30-23(17)15-18)16-5-2-1-3-6-16/h1-12,15,19-20H,13-14,28H2,(H2,29,33)/t19-,20+. The molecule has 5 aromatic rings. The van der Waals surface area contributed by atoms with Crippen LogP contribution < -0.4 is 11.5 Å². The molecule has 4 N–H and O–H groups in total. The predicted molar refractivity (Wildman–Crippen MR) is 130 cm³/mol. The molecule has 1 aliphatic carbocycles. The van der Waals surface area contributed by atoms with E-state index < -0.39 is 0 Å². The van der Waals surface area contributed by atoms with E-state index in [4.69, 9.17) is 21.4 Å². The van der Waals surface area contributed by atoms with Crippen molar-refractivity contribution in [2.24, 2.45) is 11.7 Å². The van der Waals surface area contributed by atoms with Gasteiger partial charge in [-0.3, -0.25) is 4.79 Å². The van der Waals surface area contributed by atoms with Gasteiger partial charge >= 0.3 is 0 Å². The van der Waals surface area contributed by atoms with Gasteiger partial charge in [-0.2, -0.15) is 0 Å². The first kappa shape index (κ1) is 19.5. The average molecular weight is 434 g/mol. The summed E-state index contributed by atoms with van der Waals surface area (Å²) in [5.41, 5.74) is 18.2. The first-order chi connectivity index (χ1) is 16.1. The number of hydrogen-bond donors (Lipinski definition) is 2. The number of pyridine rings is 2. The maximum absolute atomic E-state index is 11.5. The van der Waals surface area contributed by atoms with Crippen molar-refractivity contribution in [3.63, 3.8) is 0 Å². The third-order valence-corrected chi connectivity index (χ3v) is 6.66. The summed E-state index contributed by atoms with van der Waals surface area (Å²) in [5.74, 6) is 0.805. The Balaban J connectivity index is 1.47. The van der Waals surface area contributed by atoms with Gasteiger partial charge in [0.25, 0.3) is 0 Å². The van der Waals surface area contributed by atoms with Crippen LogP contribution in [0, 0.1) is 5.92 Å². The van der Waals surface area contributed by atoms with Crippen LogP contribution in [0.2, 0.25) is 0 Å². The molecule has 6 nitrogen and oxygen atoms in total. The zero-order chi connectivity index (χ0) is 22.5. The molecule has 162 valence electrons. The molecule has 33 heavy (non-hydrogen) atoms. The SMILES string of the molecule is Nc1cccn2c1c(-c1ccc3ccc(-c4ccccc4)nc3c1)nc2[C@H]1C[C@@H](C(N)=O)C1. The molecule has 0 atom stereocenters. The molecule has 0 unspecified atom stereocenters. The fraction of sp³-hybridized carbons (Fsp3) is 0.148. The molecule has 0 spiro atoms. The highest BCUT2D eigenvalue weighted by atomic mass is 16.1. The van der Waals surface area contributed by atoms with Gasteiger partial charge in [-0.1, -0.05) is 48.5 Å². The molecule has 1 fully saturated rings. The number of nitrogens with zero attached hydrogens (tertiary/aromatic N) is 3. The number of imidazole rings is 1. The minimum atomic E-state index is -0.235. The van der Waals surface area contributed by atoms with Crippen LogP contribution in [0.5, 0.6) is 0 Å². The second-order valence-electron chi connectivity index (χ2n) is 8.74. The Kier molecular flexibility index (Phi) is 4.40. The van der Waals surface area contributed by atoms with Crippen LogP contribution in [0.25, 0.3) is 38.9 Å². The molecule has 0 aliphatic heterocycles. The van der Waals surface area contributed by atoms with E-state index in [0.29, 0.717) is 5.69 Å². The third-order valence-electron chi connectivity index (χ3n) is 6.66. The normalized spacial score (nSPS) is 17.8.